The maximum absolute atomic E-state index is 8.52. The first-order valence-electron chi connectivity index (χ1n) is 11.2. The highest BCUT2D eigenvalue weighted by Gasteiger charge is 1.99. The molecule has 0 aliphatic carbocycles. The van der Waals surface area contributed by atoms with Gasteiger partial charge in [-0.2, -0.15) is 0 Å². The second-order valence-corrected chi connectivity index (χ2v) is 6.84. The molecule has 0 bridgehead atoms. The summed E-state index contributed by atoms with van der Waals surface area (Å²) >= 11 is 0. The molecule has 0 saturated heterocycles. The standard InChI is InChI=1S/C12H27NO4.C9H21NO4/c1-3-7-15-11-12-17-9-5-13(2)4-8-16-10-6-14;1-10(2-6-13-8-4-11)3-7-14-9-5-12/h14H,3-12H2,1-2H3;11-12H,2-9H2,1H3. The van der Waals surface area contributed by atoms with Gasteiger partial charge in [0, 0.05) is 32.8 Å². The Morgan fingerprint density at radius 2 is 0.742 bits per heavy atom. The third kappa shape index (κ3) is 31.9. The van der Waals surface area contributed by atoms with Crippen LogP contribution < -0.4 is 0 Å². The Bertz CT molecular complexity index is 305. The van der Waals surface area contributed by atoms with Gasteiger partial charge in [0.15, 0.2) is 0 Å². The van der Waals surface area contributed by atoms with E-state index in [4.69, 9.17) is 39.0 Å². The van der Waals surface area contributed by atoms with Gasteiger partial charge in [-0.25, -0.2) is 0 Å². The van der Waals surface area contributed by atoms with Gasteiger partial charge in [0.25, 0.3) is 0 Å². The van der Waals surface area contributed by atoms with Crippen LogP contribution in [0.25, 0.3) is 0 Å². The van der Waals surface area contributed by atoms with Crippen LogP contribution in [0.4, 0.5) is 0 Å². The SMILES string of the molecule is CCCOCCOCCN(C)CCOCCO.CN(CCOCCO)CCOCCO. The summed E-state index contributed by atoms with van der Waals surface area (Å²) in [5, 5.41) is 25.4. The van der Waals surface area contributed by atoms with Gasteiger partial charge in [-0.1, -0.05) is 6.92 Å². The lowest BCUT2D eigenvalue weighted by atomic mass is 10.5. The van der Waals surface area contributed by atoms with Gasteiger partial charge in [0.2, 0.25) is 0 Å². The van der Waals surface area contributed by atoms with E-state index in [0.29, 0.717) is 59.5 Å². The van der Waals surface area contributed by atoms with Crippen LogP contribution in [0.1, 0.15) is 13.3 Å². The van der Waals surface area contributed by atoms with Crippen molar-refractivity contribution in [1.29, 1.82) is 0 Å². The van der Waals surface area contributed by atoms with Crippen molar-refractivity contribution in [2.45, 2.75) is 13.3 Å². The number of likely N-dealkylation sites (N-methyl/N-ethyl adjacent to an activating group) is 2. The number of hydrogen-bond acceptors (Lipinski definition) is 10. The van der Waals surface area contributed by atoms with Gasteiger partial charge in [-0.3, -0.25) is 0 Å². The summed E-state index contributed by atoms with van der Waals surface area (Å²) in [5.74, 6) is 0. The first-order valence-corrected chi connectivity index (χ1v) is 11.2. The Morgan fingerprint density at radius 1 is 0.452 bits per heavy atom. The average molecular weight is 457 g/mol. The van der Waals surface area contributed by atoms with Crippen LogP contribution in [0.15, 0.2) is 0 Å². The number of hydrogen-bond donors (Lipinski definition) is 3. The smallest absolute Gasteiger partial charge is 0.0701 e. The Kier molecular flexibility index (Phi) is 31.3. The summed E-state index contributed by atoms with van der Waals surface area (Å²) in [6.07, 6.45) is 1.05. The molecule has 0 aromatic rings. The molecule has 0 aliphatic heterocycles. The largest absolute Gasteiger partial charge is 0.394 e. The third-order valence-corrected chi connectivity index (χ3v) is 3.90. The number of nitrogens with zero attached hydrogens (tertiary/aromatic N) is 2. The van der Waals surface area contributed by atoms with E-state index in [1.807, 2.05) is 14.1 Å². The summed E-state index contributed by atoms with van der Waals surface area (Å²) in [7, 11) is 4.00. The van der Waals surface area contributed by atoms with E-state index in [0.717, 1.165) is 39.2 Å². The molecule has 0 amide bonds. The molecule has 10 heteroatoms. The van der Waals surface area contributed by atoms with Crippen molar-refractivity contribution in [1.82, 2.24) is 9.80 Å². The lowest BCUT2D eigenvalue weighted by molar-refractivity contribution is 0.0354. The predicted molar refractivity (Wildman–Crippen MR) is 121 cm³/mol. The van der Waals surface area contributed by atoms with E-state index in [-0.39, 0.29) is 19.8 Å². The molecule has 0 unspecified atom stereocenters. The number of rotatable bonds is 23. The van der Waals surface area contributed by atoms with Gasteiger partial charge in [-0.05, 0) is 20.5 Å². The monoisotopic (exact) mass is 456 g/mol. The minimum Gasteiger partial charge on any atom is -0.394 e. The lowest BCUT2D eigenvalue weighted by Crippen LogP contribution is -2.27. The summed E-state index contributed by atoms with van der Waals surface area (Å²) in [5.41, 5.74) is 0. The van der Waals surface area contributed by atoms with Crippen molar-refractivity contribution in [2.75, 3.05) is 126 Å². The van der Waals surface area contributed by atoms with E-state index < -0.39 is 0 Å². The maximum atomic E-state index is 8.52. The van der Waals surface area contributed by atoms with Gasteiger partial charge in [-0.15, -0.1) is 0 Å². The van der Waals surface area contributed by atoms with E-state index in [1.54, 1.807) is 0 Å². The third-order valence-electron chi connectivity index (χ3n) is 3.90. The van der Waals surface area contributed by atoms with Crippen molar-refractivity contribution in [3.8, 4) is 0 Å². The maximum Gasteiger partial charge on any atom is 0.0701 e. The molecular weight excluding hydrogens is 408 g/mol. The average Bonchev–Trinajstić information content (AvgIpc) is 2.77. The lowest BCUT2D eigenvalue weighted by Gasteiger charge is -2.16. The van der Waals surface area contributed by atoms with Crippen molar-refractivity contribution < 1.29 is 39.0 Å². The second kappa shape index (κ2) is 29.6. The Balaban J connectivity index is 0. The molecule has 0 spiro atoms. The van der Waals surface area contributed by atoms with Gasteiger partial charge in [0.1, 0.15) is 0 Å². The quantitative estimate of drug-likeness (QED) is 0.171. The van der Waals surface area contributed by atoms with Gasteiger partial charge in [0.05, 0.1) is 79.3 Å². The molecule has 0 atom stereocenters. The van der Waals surface area contributed by atoms with Crippen LogP contribution in [0, 0.1) is 0 Å². The summed E-state index contributed by atoms with van der Waals surface area (Å²) in [4.78, 5) is 4.22. The number of ether oxygens (including phenoxy) is 5. The molecule has 0 fully saturated rings. The van der Waals surface area contributed by atoms with Crippen LogP contribution in [-0.2, 0) is 23.7 Å². The first kappa shape index (κ1) is 32.8. The summed E-state index contributed by atoms with van der Waals surface area (Å²) in [6, 6.07) is 0. The van der Waals surface area contributed by atoms with Gasteiger partial charge < -0.3 is 48.8 Å². The zero-order valence-electron chi connectivity index (χ0n) is 20.0. The van der Waals surface area contributed by atoms with E-state index in [9.17, 15) is 0 Å². The van der Waals surface area contributed by atoms with E-state index >= 15 is 0 Å². The molecule has 0 aromatic heterocycles. The molecular formula is C21H48N2O8. The molecule has 0 saturated carbocycles. The molecule has 0 radical (unpaired) electrons. The van der Waals surface area contributed by atoms with Crippen molar-refractivity contribution in [2.24, 2.45) is 0 Å². The molecule has 190 valence electrons. The fourth-order valence-electron chi connectivity index (χ4n) is 2.07. The highest BCUT2D eigenvalue weighted by atomic mass is 16.5. The van der Waals surface area contributed by atoms with Crippen LogP contribution in [0.5, 0.6) is 0 Å². The van der Waals surface area contributed by atoms with Gasteiger partial charge >= 0.3 is 0 Å². The van der Waals surface area contributed by atoms with Crippen LogP contribution in [-0.4, -0.2) is 151 Å². The minimum absolute atomic E-state index is 0.0727. The number of aliphatic hydroxyl groups is 3. The summed E-state index contributed by atoms with van der Waals surface area (Å²) < 4.78 is 26.1. The predicted octanol–water partition coefficient (Wildman–Crippen LogP) is -0.694. The molecule has 0 aliphatic rings. The fraction of sp³-hybridized carbons (Fsp3) is 1.00. The highest BCUT2D eigenvalue weighted by Crippen LogP contribution is 1.87. The minimum atomic E-state index is 0.0727. The van der Waals surface area contributed by atoms with E-state index in [1.165, 1.54) is 0 Å². The first-order chi connectivity index (χ1) is 15.1. The Morgan fingerprint density at radius 3 is 1.03 bits per heavy atom. The Labute approximate surface area is 189 Å². The molecule has 0 aromatic carbocycles. The normalized spacial score (nSPS) is 11.2. The van der Waals surface area contributed by atoms with Crippen molar-refractivity contribution in [3.63, 3.8) is 0 Å². The molecule has 3 N–H and O–H groups in total. The fourth-order valence-corrected chi connectivity index (χ4v) is 2.07. The molecule has 0 heterocycles. The van der Waals surface area contributed by atoms with Crippen LogP contribution in [0.2, 0.25) is 0 Å². The zero-order chi connectivity index (χ0) is 23.4. The van der Waals surface area contributed by atoms with Crippen molar-refractivity contribution in [3.05, 3.63) is 0 Å². The second-order valence-electron chi connectivity index (χ2n) is 6.84. The highest BCUT2D eigenvalue weighted by molar-refractivity contribution is 4.50. The van der Waals surface area contributed by atoms with Crippen LogP contribution in [0.3, 0.4) is 0 Å². The van der Waals surface area contributed by atoms with E-state index in [2.05, 4.69) is 16.7 Å². The van der Waals surface area contributed by atoms with Crippen molar-refractivity contribution >= 4 is 0 Å². The Hall–Kier alpha value is -0.400. The van der Waals surface area contributed by atoms with Crippen LogP contribution >= 0.6 is 0 Å². The molecule has 31 heavy (non-hydrogen) atoms. The number of aliphatic hydroxyl groups excluding tert-OH is 3. The summed E-state index contributed by atoms with van der Waals surface area (Å²) in [6.45, 7) is 11.7. The molecule has 10 nitrogen and oxygen atoms in total. The zero-order valence-corrected chi connectivity index (χ0v) is 20.0. The topological polar surface area (TPSA) is 113 Å². The molecule has 0 rings (SSSR count).